The molecule has 0 fully saturated rings. The molecular formula is C16H31N7O2. The third kappa shape index (κ3) is 8.37. The third-order valence-electron chi connectivity index (χ3n) is 3.40. The molecule has 9 heteroatoms. The number of aryl methyl sites for hydroxylation is 1. The number of aromatic nitrogens is 3. The van der Waals surface area contributed by atoms with E-state index in [-0.39, 0.29) is 6.04 Å². The van der Waals surface area contributed by atoms with Crippen molar-refractivity contribution in [1.29, 1.82) is 0 Å². The highest BCUT2D eigenvalue weighted by atomic mass is 16.5. The summed E-state index contributed by atoms with van der Waals surface area (Å²) in [7, 11) is 1.83. The Bertz CT molecular complexity index is 542. The molecule has 1 aromatic rings. The van der Waals surface area contributed by atoms with Crippen molar-refractivity contribution in [3.8, 4) is 0 Å². The molecule has 0 aliphatic rings. The first-order valence-electron chi connectivity index (χ1n) is 8.74. The molecule has 0 saturated heterocycles. The van der Waals surface area contributed by atoms with Crippen molar-refractivity contribution < 1.29 is 9.53 Å². The molecule has 25 heavy (non-hydrogen) atoms. The Labute approximate surface area is 149 Å². The summed E-state index contributed by atoms with van der Waals surface area (Å²) in [5.74, 6) is 1.90. The maximum Gasteiger partial charge on any atom is 0.407 e. The van der Waals surface area contributed by atoms with Crippen LogP contribution in [0.3, 0.4) is 0 Å². The minimum atomic E-state index is -0.393. The Morgan fingerprint density at radius 1 is 1.36 bits per heavy atom. The summed E-state index contributed by atoms with van der Waals surface area (Å²) in [5.41, 5.74) is 0. The predicted octanol–water partition coefficient (Wildman–Crippen LogP) is 1.03. The number of carbonyl (C=O) groups excluding carboxylic acids is 1. The zero-order chi connectivity index (χ0) is 18.7. The highest BCUT2D eigenvalue weighted by Gasteiger charge is 2.15. The highest BCUT2D eigenvalue weighted by molar-refractivity contribution is 5.79. The number of ether oxygens (including phenoxy) is 1. The van der Waals surface area contributed by atoms with Gasteiger partial charge in [0.25, 0.3) is 0 Å². The van der Waals surface area contributed by atoms with Crippen molar-refractivity contribution in [1.82, 2.24) is 30.7 Å². The van der Waals surface area contributed by atoms with E-state index in [1.54, 1.807) is 11.6 Å². The number of guanidine groups is 1. The average molecular weight is 353 g/mol. The molecule has 1 unspecified atom stereocenters. The molecule has 0 aliphatic heterocycles. The van der Waals surface area contributed by atoms with E-state index in [0.717, 1.165) is 18.8 Å². The second-order valence-electron chi connectivity index (χ2n) is 6.07. The lowest BCUT2D eigenvalue weighted by molar-refractivity contribution is 0.146. The van der Waals surface area contributed by atoms with Gasteiger partial charge in [0.05, 0.1) is 6.61 Å². The molecule has 0 spiro atoms. The SMILES string of the molecule is CCNC(=NCc1ncnn1C)NCC(CC(C)C)NC(=O)OCC. The molecule has 0 aliphatic carbocycles. The third-order valence-corrected chi connectivity index (χ3v) is 3.40. The lowest BCUT2D eigenvalue weighted by atomic mass is 10.0. The molecule has 1 rings (SSSR count). The van der Waals surface area contributed by atoms with Crippen LogP contribution in [0.1, 0.15) is 39.9 Å². The van der Waals surface area contributed by atoms with Crippen LogP contribution in [0.15, 0.2) is 11.3 Å². The van der Waals surface area contributed by atoms with Crippen LogP contribution in [-0.4, -0.2) is 52.6 Å². The van der Waals surface area contributed by atoms with Crippen LogP contribution in [0.5, 0.6) is 0 Å². The van der Waals surface area contributed by atoms with E-state index in [1.807, 2.05) is 14.0 Å². The molecule has 0 saturated carbocycles. The van der Waals surface area contributed by atoms with Gasteiger partial charge in [0, 0.05) is 26.2 Å². The van der Waals surface area contributed by atoms with Gasteiger partial charge in [0.1, 0.15) is 18.7 Å². The number of hydrogen-bond donors (Lipinski definition) is 3. The summed E-state index contributed by atoms with van der Waals surface area (Å²) >= 11 is 0. The van der Waals surface area contributed by atoms with E-state index in [2.05, 4.69) is 44.9 Å². The molecule has 1 atom stereocenters. The molecule has 0 radical (unpaired) electrons. The number of nitrogens with zero attached hydrogens (tertiary/aromatic N) is 4. The van der Waals surface area contributed by atoms with Crippen molar-refractivity contribution >= 4 is 12.1 Å². The van der Waals surface area contributed by atoms with Gasteiger partial charge in [-0.05, 0) is 26.2 Å². The Hall–Kier alpha value is -2.32. The lowest BCUT2D eigenvalue weighted by Gasteiger charge is -2.22. The normalized spacial score (nSPS) is 12.8. The van der Waals surface area contributed by atoms with E-state index >= 15 is 0 Å². The molecule has 9 nitrogen and oxygen atoms in total. The molecule has 1 heterocycles. The summed E-state index contributed by atoms with van der Waals surface area (Å²) in [4.78, 5) is 20.4. The smallest absolute Gasteiger partial charge is 0.407 e. The number of carbonyl (C=O) groups is 1. The van der Waals surface area contributed by atoms with E-state index in [9.17, 15) is 4.79 Å². The Morgan fingerprint density at radius 3 is 2.68 bits per heavy atom. The van der Waals surface area contributed by atoms with Gasteiger partial charge < -0.3 is 20.7 Å². The van der Waals surface area contributed by atoms with Crippen LogP contribution >= 0.6 is 0 Å². The minimum Gasteiger partial charge on any atom is -0.450 e. The first-order chi connectivity index (χ1) is 12.0. The van der Waals surface area contributed by atoms with Gasteiger partial charge in [0.15, 0.2) is 5.96 Å². The monoisotopic (exact) mass is 353 g/mol. The van der Waals surface area contributed by atoms with Gasteiger partial charge in [-0.1, -0.05) is 13.8 Å². The van der Waals surface area contributed by atoms with Crippen LogP contribution in [0, 0.1) is 5.92 Å². The maximum absolute atomic E-state index is 11.7. The number of aliphatic imine (C=N–C) groups is 1. The Kier molecular flexibility index (Phi) is 9.34. The Balaban J connectivity index is 2.63. The summed E-state index contributed by atoms with van der Waals surface area (Å²) in [6.07, 6.45) is 1.96. The van der Waals surface area contributed by atoms with Gasteiger partial charge in [-0.25, -0.2) is 14.8 Å². The standard InChI is InChI=1S/C16H31N7O2/c1-6-17-15(19-10-14-20-11-21-23(14)5)18-9-13(8-12(3)4)22-16(24)25-7-2/h11-13H,6-10H2,1-5H3,(H,22,24)(H2,17,18,19). The molecule has 1 aromatic heterocycles. The fraction of sp³-hybridized carbons (Fsp3) is 0.750. The van der Waals surface area contributed by atoms with Crippen LogP contribution in [0.2, 0.25) is 0 Å². The highest BCUT2D eigenvalue weighted by Crippen LogP contribution is 2.04. The topological polar surface area (TPSA) is 105 Å². The maximum atomic E-state index is 11.7. The second kappa shape index (κ2) is 11.3. The van der Waals surface area contributed by atoms with Gasteiger partial charge in [-0.2, -0.15) is 5.10 Å². The van der Waals surface area contributed by atoms with E-state index in [4.69, 9.17) is 4.74 Å². The fourth-order valence-electron chi connectivity index (χ4n) is 2.28. The molecular weight excluding hydrogens is 322 g/mol. The van der Waals surface area contributed by atoms with Crippen molar-refractivity contribution in [2.75, 3.05) is 19.7 Å². The van der Waals surface area contributed by atoms with E-state index in [0.29, 0.717) is 31.6 Å². The van der Waals surface area contributed by atoms with Gasteiger partial charge in [-0.3, -0.25) is 4.68 Å². The lowest BCUT2D eigenvalue weighted by Crippen LogP contribution is -2.47. The van der Waals surface area contributed by atoms with Gasteiger partial charge in [0.2, 0.25) is 0 Å². The predicted molar refractivity (Wildman–Crippen MR) is 97.2 cm³/mol. The number of rotatable bonds is 9. The van der Waals surface area contributed by atoms with Crippen molar-refractivity contribution in [2.45, 2.75) is 46.7 Å². The van der Waals surface area contributed by atoms with Gasteiger partial charge in [-0.15, -0.1) is 0 Å². The molecule has 3 N–H and O–H groups in total. The first-order valence-corrected chi connectivity index (χ1v) is 8.74. The average Bonchev–Trinajstić information content (AvgIpc) is 2.94. The van der Waals surface area contributed by atoms with Crippen molar-refractivity contribution in [3.05, 3.63) is 12.2 Å². The first kappa shape index (κ1) is 20.7. The quantitative estimate of drug-likeness (QED) is 0.452. The summed E-state index contributed by atoms with van der Waals surface area (Å²) in [6.45, 7) is 10.1. The molecule has 0 aromatic carbocycles. The van der Waals surface area contributed by atoms with E-state index in [1.165, 1.54) is 6.33 Å². The molecule has 142 valence electrons. The molecule has 1 amide bonds. The largest absolute Gasteiger partial charge is 0.450 e. The summed E-state index contributed by atoms with van der Waals surface area (Å²) in [5, 5.41) is 13.4. The van der Waals surface area contributed by atoms with Crippen LogP contribution < -0.4 is 16.0 Å². The van der Waals surface area contributed by atoms with Crippen molar-refractivity contribution in [2.24, 2.45) is 18.0 Å². The number of alkyl carbamates (subject to hydrolysis) is 1. The number of hydrogen-bond acceptors (Lipinski definition) is 5. The van der Waals surface area contributed by atoms with Crippen LogP contribution in [0.25, 0.3) is 0 Å². The van der Waals surface area contributed by atoms with Gasteiger partial charge >= 0.3 is 6.09 Å². The zero-order valence-electron chi connectivity index (χ0n) is 15.9. The Morgan fingerprint density at radius 2 is 2.12 bits per heavy atom. The zero-order valence-corrected chi connectivity index (χ0v) is 15.9. The van der Waals surface area contributed by atoms with E-state index < -0.39 is 6.09 Å². The summed E-state index contributed by atoms with van der Waals surface area (Å²) < 4.78 is 6.67. The molecule has 0 bridgehead atoms. The fourth-order valence-corrected chi connectivity index (χ4v) is 2.28. The van der Waals surface area contributed by atoms with Crippen molar-refractivity contribution in [3.63, 3.8) is 0 Å². The summed E-state index contributed by atoms with van der Waals surface area (Å²) in [6, 6.07) is -0.0438. The second-order valence-corrected chi connectivity index (χ2v) is 6.07. The number of nitrogens with one attached hydrogen (secondary N) is 3. The minimum absolute atomic E-state index is 0.0438. The number of amides is 1. The van der Waals surface area contributed by atoms with Crippen LogP contribution in [0.4, 0.5) is 4.79 Å². The van der Waals surface area contributed by atoms with Crippen LogP contribution in [-0.2, 0) is 18.3 Å².